The fourth-order valence-electron chi connectivity index (χ4n) is 2.67. The third kappa shape index (κ3) is 4.70. The number of benzene rings is 1. The topological polar surface area (TPSA) is 67.3 Å². The van der Waals surface area contributed by atoms with Crippen molar-refractivity contribution in [1.29, 1.82) is 0 Å². The van der Waals surface area contributed by atoms with E-state index in [0.29, 0.717) is 17.4 Å². The standard InChI is InChI=1S/C20H16BrF3N4O2/c1-28(13-6-8-17(30-2)26-11-13)18-14(4-3-9-25-18)19(29)27-12-5-7-16(21)15(10-12)20(22,23)24/h3-11H,1-2H3,(H,27,29). The molecule has 1 aromatic carbocycles. The van der Waals surface area contributed by atoms with Crippen LogP contribution in [0, 0.1) is 0 Å². The molecule has 2 heterocycles. The predicted octanol–water partition coefficient (Wildman–Crippen LogP) is 5.29. The van der Waals surface area contributed by atoms with E-state index in [9.17, 15) is 18.0 Å². The molecular weight excluding hydrogens is 465 g/mol. The number of aromatic nitrogens is 2. The average Bonchev–Trinajstić information content (AvgIpc) is 2.73. The number of hydrogen-bond acceptors (Lipinski definition) is 5. The Labute approximate surface area is 178 Å². The van der Waals surface area contributed by atoms with Gasteiger partial charge in [0.15, 0.2) is 0 Å². The van der Waals surface area contributed by atoms with Crippen LogP contribution in [0.2, 0.25) is 0 Å². The summed E-state index contributed by atoms with van der Waals surface area (Å²) < 4.78 is 44.3. The molecule has 0 aliphatic carbocycles. The van der Waals surface area contributed by atoms with Crippen LogP contribution in [0.25, 0.3) is 0 Å². The molecule has 0 bridgehead atoms. The summed E-state index contributed by atoms with van der Waals surface area (Å²) in [7, 11) is 3.20. The Morgan fingerprint density at radius 2 is 1.93 bits per heavy atom. The number of pyridine rings is 2. The highest BCUT2D eigenvalue weighted by Gasteiger charge is 2.33. The van der Waals surface area contributed by atoms with Gasteiger partial charge in [-0.2, -0.15) is 13.2 Å². The van der Waals surface area contributed by atoms with Gasteiger partial charge < -0.3 is 15.0 Å². The SMILES string of the molecule is COc1ccc(N(C)c2ncccc2C(=O)Nc2ccc(Br)c(C(F)(F)F)c2)cn1. The lowest BCUT2D eigenvalue weighted by Crippen LogP contribution is -2.20. The number of rotatable bonds is 5. The van der Waals surface area contributed by atoms with E-state index in [2.05, 4.69) is 31.2 Å². The molecule has 1 amide bonds. The van der Waals surface area contributed by atoms with Crippen LogP contribution in [0.3, 0.4) is 0 Å². The average molecular weight is 481 g/mol. The number of halogens is 4. The van der Waals surface area contributed by atoms with Crippen LogP contribution in [0.15, 0.2) is 59.3 Å². The summed E-state index contributed by atoms with van der Waals surface area (Å²) in [4.78, 5) is 22.8. The molecule has 0 aliphatic rings. The number of nitrogens with one attached hydrogen (secondary N) is 1. The van der Waals surface area contributed by atoms with Crippen LogP contribution in [-0.4, -0.2) is 30.0 Å². The minimum atomic E-state index is -4.55. The van der Waals surface area contributed by atoms with Crippen LogP contribution in [0.5, 0.6) is 5.88 Å². The van der Waals surface area contributed by atoms with E-state index in [-0.39, 0.29) is 15.7 Å². The first-order chi connectivity index (χ1) is 14.2. The molecule has 0 aliphatic heterocycles. The van der Waals surface area contributed by atoms with Gasteiger partial charge in [0, 0.05) is 29.5 Å². The lowest BCUT2D eigenvalue weighted by atomic mass is 10.1. The fourth-order valence-corrected chi connectivity index (χ4v) is 3.15. The lowest BCUT2D eigenvalue weighted by molar-refractivity contribution is -0.138. The Hall–Kier alpha value is -3.14. The number of carbonyl (C=O) groups is 1. The monoisotopic (exact) mass is 480 g/mol. The molecule has 0 saturated heterocycles. The van der Waals surface area contributed by atoms with Crippen molar-refractivity contribution < 1.29 is 22.7 Å². The number of amides is 1. The molecule has 0 saturated carbocycles. The number of carbonyl (C=O) groups excluding carboxylic acids is 1. The lowest BCUT2D eigenvalue weighted by Gasteiger charge is -2.21. The molecule has 0 unspecified atom stereocenters. The van der Waals surface area contributed by atoms with Gasteiger partial charge in [0.05, 0.1) is 30.1 Å². The van der Waals surface area contributed by atoms with E-state index in [1.165, 1.54) is 31.5 Å². The van der Waals surface area contributed by atoms with Crippen molar-refractivity contribution in [2.24, 2.45) is 0 Å². The Balaban J connectivity index is 1.89. The normalized spacial score (nSPS) is 11.1. The number of anilines is 3. The van der Waals surface area contributed by atoms with E-state index in [4.69, 9.17) is 4.74 Å². The molecular formula is C20H16BrF3N4O2. The zero-order chi connectivity index (χ0) is 21.9. The smallest absolute Gasteiger partial charge is 0.417 e. The van der Waals surface area contributed by atoms with Crippen LogP contribution >= 0.6 is 15.9 Å². The molecule has 6 nitrogen and oxygen atoms in total. The van der Waals surface area contributed by atoms with Gasteiger partial charge >= 0.3 is 6.18 Å². The minimum Gasteiger partial charge on any atom is -0.481 e. The first-order valence-corrected chi connectivity index (χ1v) is 9.37. The second-order valence-electron chi connectivity index (χ2n) is 6.14. The quantitative estimate of drug-likeness (QED) is 0.537. The maximum Gasteiger partial charge on any atom is 0.417 e. The van der Waals surface area contributed by atoms with Gasteiger partial charge in [-0.3, -0.25) is 4.79 Å². The van der Waals surface area contributed by atoms with Crippen molar-refractivity contribution in [3.8, 4) is 5.88 Å². The van der Waals surface area contributed by atoms with Gasteiger partial charge in [0.25, 0.3) is 5.91 Å². The largest absolute Gasteiger partial charge is 0.481 e. The maximum atomic E-state index is 13.1. The summed E-state index contributed by atoms with van der Waals surface area (Å²) in [6, 6.07) is 9.99. The molecule has 1 N–H and O–H groups in total. The second kappa shape index (κ2) is 8.70. The molecule has 3 aromatic rings. The van der Waals surface area contributed by atoms with E-state index >= 15 is 0 Å². The van der Waals surface area contributed by atoms with Crippen molar-refractivity contribution >= 4 is 39.0 Å². The van der Waals surface area contributed by atoms with Gasteiger partial charge in [-0.15, -0.1) is 0 Å². The van der Waals surface area contributed by atoms with Crippen molar-refractivity contribution in [1.82, 2.24) is 9.97 Å². The van der Waals surface area contributed by atoms with Gasteiger partial charge in [0.2, 0.25) is 5.88 Å². The van der Waals surface area contributed by atoms with Crippen LogP contribution in [0.1, 0.15) is 15.9 Å². The zero-order valence-electron chi connectivity index (χ0n) is 15.9. The highest BCUT2D eigenvalue weighted by Crippen LogP contribution is 2.36. The minimum absolute atomic E-state index is 0.0131. The second-order valence-corrected chi connectivity index (χ2v) is 6.99. The van der Waals surface area contributed by atoms with Crippen LogP contribution < -0.4 is 15.0 Å². The fraction of sp³-hybridized carbons (Fsp3) is 0.150. The number of methoxy groups -OCH3 is 1. The van der Waals surface area contributed by atoms with Crippen molar-refractivity contribution in [2.45, 2.75) is 6.18 Å². The first kappa shape index (κ1) is 21.6. The first-order valence-electron chi connectivity index (χ1n) is 8.57. The number of nitrogens with zero attached hydrogens (tertiary/aromatic N) is 3. The van der Waals surface area contributed by atoms with E-state index in [1.807, 2.05) is 0 Å². The van der Waals surface area contributed by atoms with E-state index < -0.39 is 17.6 Å². The summed E-state index contributed by atoms with van der Waals surface area (Å²) in [5, 5.41) is 2.50. The predicted molar refractivity (Wildman–Crippen MR) is 110 cm³/mol. The molecule has 0 radical (unpaired) electrons. The van der Waals surface area contributed by atoms with Crippen LogP contribution in [0.4, 0.5) is 30.4 Å². The maximum absolute atomic E-state index is 13.1. The van der Waals surface area contributed by atoms with Crippen molar-refractivity contribution in [2.75, 3.05) is 24.4 Å². The molecule has 156 valence electrons. The zero-order valence-corrected chi connectivity index (χ0v) is 17.5. The highest BCUT2D eigenvalue weighted by atomic mass is 79.9. The van der Waals surface area contributed by atoms with Gasteiger partial charge in [-0.1, -0.05) is 15.9 Å². The number of hydrogen-bond donors (Lipinski definition) is 1. The molecule has 2 aromatic heterocycles. The summed E-state index contributed by atoms with van der Waals surface area (Å²) >= 11 is 2.88. The molecule has 0 fully saturated rings. The third-order valence-corrected chi connectivity index (χ3v) is 4.89. The number of alkyl halides is 3. The summed E-state index contributed by atoms with van der Waals surface area (Å²) in [6.45, 7) is 0. The Kier molecular flexibility index (Phi) is 6.25. The molecule has 10 heteroatoms. The summed E-state index contributed by atoms with van der Waals surface area (Å²) in [6.07, 6.45) is -1.49. The summed E-state index contributed by atoms with van der Waals surface area (Å²) in [5.41, 5.74) is -0.0360. The molecule has 3 rings (SSSR count). The Bertz CT molecular complexity index is 1060. The van der Waals surface area contributed by atoms with Gasteiger partial charge in [-0.25, -0.2) is 9.97 Å². The van der Waals surface area contributed by atoms with Crippen molar-refractivity contribution in [3.63, 3.8) is 0 Å². The van der Waals surface area contributed by atoms with E-state index in [1.54, 1.807) is 36.3 Å². The molecule has 0 spiro atoms. The third-order valence-electron chi connectivity index (χ3n) is 4.20. The highest BCUT2D eigenvalue weighted by molar-refractivity contribution is 9.10. The Morgan fingerprint density at radius 1 is 1.17 bits per heavy atom. The Morgan fingerprint density at radius 3 is 2.57 bits per heavy atom. The van der Waals surface area contributed by atoms with Gasteiger partial charge in [0.1, 0.15) is 5.82 Å². The molecule has 0 atom stereocenters. The number of ether oxygens (including phenoxy) is 1. The van der Waals surface area contributed by atoms with Crippen molar-refractivity contribution in [3.05, 3.63) is 70.5 Å². The van der Waals surface area contributed by atoms with Gasteiger partial charge in [-0.05, 0) is 36.4 Å². The van der Waals surface area contributed by atoms with E-state index in [0.717, 1.165) is 6.07 Å². The molecule has 30 heavy (non-hydrogen) atoms. The van der Waals surface area contributed by atoms with Crippen LogP contribution in [-0.2, 0) is 6.18 Å². The summed E-state index contributed by atoms with van der Waals surface area (Å²) in [5.74, 6) is 0.152.